The van der Waals surface area contributed by atoms with Gasteiger partial charge in [-0.1, -0.05) is 6.92 Å². The zero-order valence-corrected chi connectivity index (χ0v) is 23.9. The van der Waals surface area contributed by atoms with Gasteiger partial charge in [-0.05, 0) is 6.92 Å². The summed E-state index contributed by atoms with van der Waals surface area (Å²) in [6.07, 6.45) is -0.816. The Morgan fingerprint density at radius 3 is 1.39 bits per heavy atom. The Bertz CT molecular complexity index is 983. The minimum Gasteiger partial charge on any atom is -0.468 e. The Kier molecular flexibility index (Phi) is 18.3. The molecular formula is C25H39N5O11. The smallest absolute Gasteiger partial charge is 0.325 e. The average molecular weight is 586 g/mol. The number of hydrogen-bond donors (Lipinski definition) is 3. The molecule has 16 nitrogen and oxygen atoms in total. The highest BCUT2D eigenvalue weighted by Crippen LogP contribution is 2.01. The summed E-state index contributed by atoms with van der Waals surface area (Å²) in [5.74, 6) is -5.45. The van der Waals surface area contributed by atoms with E-state index in [2.05, 4.69) is 25.4 Å². The summed E-state index contributed by atoms with van der Waals surface area (Å²) < 4.78 is 9.03. The largest absolute Gasteiger partial charge is 0.468 e. The highest BCUT2D eigenvalue weighted by molar-refractivity contribution is 5.94. The lowest BCUT2D eigenvalue weighted by atomic mass is 10.2. The molecule has 230 valence electrons. The van der Waals surface area contributed by atoms with Crippen molar-refractivity contribution in [3.63, 3.8) is 0 Å². The lowest BCUT2D eigenvalue weighted by Gasteiger charge is -2.21. The van der Waals surface area contributed by atoms with Crippen molar-refractivity contribution in [3.05, 3.63) is 0 Å². The van der Waals surface area contributed by atoms with Gasteiger partial charge in [0.2, 0.25) is 29.5 Å². The lowest BCUT2D eigenvalue weighted by Crippen LogP contribution is -2.45. The predicted molar refractivity (Wildman–Crippen MR) is 141 cm³/mol. The second kappa shape index (κ2) is 20.5. The molecule has 3 N–H and O–H groups in total. The third-order valence-corrected chi connectivity index (χ3v) is 5.36. The van der Waals surface area contributed by atoms with Crippen molar-refractivity contribution in [3.8, 4) is 0 Å². The third-order valence-electron chi connectivity index (χ3n) is 5.36. The maximum Gasteiger partial charge on any atom is 0.325 e. The first-order chi connectivity index (χ1) is 19.4. The van der Waals surface area contributed by atoms with Crippen LogP contribution < -0.4 is 16.0 Å². The molecule has 0 saturated carbocycles. The van der Waals surface area contributed by atoms with Gasteiger partial charge in [-0.25, -0.2) is 0 Å². The van der Waals surface area contributed by atoms with Gasteiger partial charge in [0.05, 0.1) is 27.3 Å². The summed E-state index contributed by atoms with van der Waals surface area (Å²) in [6, 6.07) is 0. The number of Topliss-reactive ketones (excluding diaryl/α,β-unsaturated/α-hetero) is 2. The molecular weight excluding hydrogens is 546 g/mol. The van der Waals surface area contributed by atoms with Crippen LogP contribution in [0.3, 0.4) is 0 Å². The molecule has 16 heteroatoms. The maximum absolute atomic E-state index is 12.6. The summed E-state index contributed by atoms with van der Waals surface area (Å²) in [4.78, 5) is 110. The third kappa shape index (κ3) is 17.0. The van der Waals surface area contributed by atoms with Crippen LogP contribution in [0.2, 0.25) is 0 Å². The second-order valence-electron chi connectivity index (χ2n) is 8.59. The molecule has 0 atom stereocenters. The van der Waals surface area contributed by atoms with Crippen LogP contribution in [-0.2, 0) is 52.6 Å². The van der Waals surface area contributed by atoms with Gasteiger partial charge in [-0.3, -0.25) is 43.2 Å². The Hall–Kier alpha value is -4.37. The summed E-state index contributed by atoms with van der Waals surface area (Å²) in [5, 5.41) is 7.17. The summed E-state index contributed by atoms with van der Waals surface area (Å²) in [7, 11) is 2.22. The number of esters is 2. The van der Waals surface area contributed by atoms with Crippen LogP contribution in [0.4, 0.5) is 0 Å². The number of rotatable bonds is 20. The quantitative estimate of drug-likeness (QED) is 0.127. The number of nitrogens with one attached hydrogen (secondary N) is 3. The highest BCUT2D eigenvalue weighted by atomic mass is 16.5. The molecule has 0 aromatic carbocycles. The number of methoxy groups -OCH3 is 2. The molecule has 0 saturated heterocycles. The fraction of sp³-hybridized carbons (Fsp3) is 0.640. The molecule has 0 aromatic rings. The summed E-state index contributed by atoms with van der Waals surface area (Å²) in [6.45, 7) is 0.770. The topological polar surface area (TPSA) is 215 Å². The molecule has 0 unspecified atom stereocenters. The van der Waals surface area contributed by atoms with Gasteiger partial charge in [0, 0.05) is 38.6 Å². The number of carbonyl (C=O) groups is 9. The average Bonchev–Trinajstić information content (AvgIpc) is 2.95. The Morgan fingerprint density at radius 1 is 0.537 bits per heavy atom. The zero-order chi connectivity index (χ0) is 31.4. The molecule has 41 heavy (non-hydrogen) atoms. The van der Waals surface area contributed by atoms with E-state index in [0.29, 0.717) is 6.54 Å². The van der Waals surface area contributed by atoms with Crippen molar-refractivity contribution in [2.24, 2.45) is 0 Å². The normalized spacial score (nSPS) is 10.0. The summed E-state index contributed by atoms with van der Waals surface area (Å²) in [5.41, 5.74) is 0. The van der Waals surface area contributed by atoms with Crippen LogP contribution in [0.1, 0.15) is 46.0 Å². The SMILES string of the molecule is CCNC(=O)CCC(=O)CNC(=O)CN(CC(=O)OC)C(=O)CCC(=O)CNC(=O)CN(CC(=O)OC)C(=O)CC. The first-order valence-electron chi connectivity index (χ1n) is 12.9. The number of amides is 5. The molecule has 0 rings (SSSR count). The van der Waals surface area contributed by atoms with E-state index in [0.717, 1.165) is 24.0 Å². The molecule has 0 aliphatic heterocycles. The van der Waals surface area contributed by atoms with Gasteiger partial charge in [-0.15, -0.1) is 0 Å². The number of nitrogens with zero attached hydrogens (tertiary/aromatic N) is 2. The van der Waals surface area contributed by atoms with E-state index in [1.807, 2.05) is 0 Å². The van der Waals surface area contributed by atoms with Crippen LogP contribution in [-0.4, -0.2) is 123 Å². The number of hydrogen-bond acceptors (Lipinski definition) is 11. The Balaban J connectivity index is 4.81. The van der Waals surface area contributed by atoms with Crippen molar-refractivity contribution in [2.75, 3.05) is 60.0 Å². The van der Waals surface area contributed by atoms with E-state index < -0.39 is 86.3 Å². The number of ketones is 2. The summed E-state index contributed by atoms with van der Waals surface area (Å²) >= 11 is 0. The lowest BCUT2D eigenvalue weighted by molar-refractivity contribution is -0.148. The fourth-order valence-corrected chi connectivity index (χ4v) is 3.10. The maximum atomic E-state index is 12.6. The number of ether oxygens (including phenoxy) is 2. The van der Waals surface area contributed by atoms with E-state index in [9.17, 15) is 43.2 Å². The molecule has 0 spiro atoms. The van der Waals surface area contributed by atoms with Crippen LogP contribution in [0.15, 0.2) is 0 Å². The second-order valence-corrected chi connectivity index (χ2v) is 8.59. The predicted octanol–water partition coefficient (Wildman–Crippen LogP) is -2.53. The molecule has 0 aliphatic carbocycles. The molecule has 0 aromatic heterocycles. The van der Waals surface area contributed by atoms with E-state index in [-0.39, 0.29) is 38.1 Å². The van der Waals surface area contributed by atoms with E-state index in [4.69, 9.17) is 0 Å². The van der Waals surface area contributed by atoms with Crippen molar-refractivity contribution in [1.29, 1.82) is 0 Å². The minimum absolute atomic E-state index is 0.0351. The van der Waals surface area contributed by atoms with Crippen LogP contribution in [0.5, 0.6) is 0 Å². The van der Waals surface area contributed by atoms with Crippen molar-refractivity contribution in [2.45, 2.75) is 46.0 Å². The molecule has 0 bridgehead atoms. The highest BCUT2D eigenvalue weighted by Gasteiger charge is 2.23. The van der Waals surface area contributed by atoms with Crippen LogP contribution >= 0.6 is 0 Å². The molecule has 0 radical (unpaired) electrons. The van der Waals surface area contributed by atoms with E-state index in [1.54, 1.807) is 13.8 Å². The van der Waals surface area contributed by atoms with E-state index in [1.165, 1.54) is 0 Å². The van der Waals surface area contributed by atoms with Crippen LogP contribution in [0, 0.1) is 0 Å². The van der Waals surface area contributed by atoms with Crippen molar-refractivity contribution < 1.29 is 52.6 Å². The molecule has 0 fully saturated rings. The standard InChI is InChI=1S/C25H39N5O11/c1-5-22(36)29(15-24(38)40-3)13-20(34)28-12-18(32)8-10-23(37)30(16-25(39)41-4)14-21(35)27-11-17(31)7-9-19(33)26-6-2/h5-16H2,1-4H3,(H,26,33)(H,27,35)(H,28,34). The number of carbonyl (C=O) groups excluding carboxylic acids is 9. The van der Waals surface area contributed by atoms with E-state index >= 15 is 0 Å². The van der Waals surface area contributed by atoms with Gasteiger partial charge in [0.25, 0.3) is 0 Å². The first-order valence-corrected chi connectivity index (χ1v) is 12.9. The van der Waals surface area contributed by atoms with Gasteiger partial charge in [0.1, 0.15) is 26.2 Å². The molecule has 0 heterocycles. The molecule has 0 aliphatic rings. The van der Waals surface area contributed by atoms with Gasteiger partial charge >= 0.3 is 11.9 Å². The van der Waals surface area contributed by atoms with Gasteiger partial charge in [-0.2, -0.15) is 0 Å². The Labute approximate surface area is 237 Å². The minimum atomic E-state index is -0.819. The first kappa shape index (κ1) is 36.6. The van der Waals surface area contributed by atoms with Gasteiger partial charge in [0.15, 0.2) is 11.6 Å². The van der Waals surface area contributed by atoms with Crippen LogP contribution in [0.25, 0.3) is 0 Å². The zero-order valence-electron chi connectivity index (χ0n) is 23.9. The van der Waals surface area contributed by atoms with Crippen molar-refractivity contribution in [1.82, 2.24) is 25.8 Å². The van der Waals surface area contributed by atoms with Gasteiger partial charge < -0.3 is 35.2 Å². The monoisotopic (exact) mass is 585 g/mol. The molecule has 5 amide bonds. The fourth-order valence-electron chi connectivity index (χ4n) is 3.10. The van der Waals surface area contributed by atoms with Crippen molar-refractivity contribution >= 4 is 53.0 Å². The Morgan fingerprint density at radius 2 is 0.976 bits per heavy atom.